The topological polar surface area (TPSA) is 51.8 Å². The summed E-state index contributed by atoms with van der Waals surface area (Å²) in [6, 6.07) is 4.16. The molecule has 0 aliphatic heterocycles. The number of nitrogens with zero attached hydrogens (tertiary/aromatic N) is 2. The summed E-state index contributed by atoms with van der Waals surface area (Å²) in [6.45, 7) is 4.35. The second-order valence-corrected chi connectivity index (χ2v) is 8.06. The smallest absolute Gasteiger partial charge is 0.142 e. The van der Waals surface area contributed by atoms with E-state index in [9.17, 15) is 0 Å². The molecule has 0 spiro atoms. The maximum atomic E-state index is 6.17. The summed E-state index contributed by atoms with van der Waals surface area (Å²) in [7, 11) is 0. The Kier molecular flexibility index (Phi) is 3.96. The molecule has 0 atom stereocenters. The summed E-state index contributed by atoms with van der Waals surface area (Å²) >= 11 is 5.19. The predicted octanol–water partition coefficient (Wildman–Crippen LogP) is 4.64. The fraction of sp³-hybridized carbons (Fsp3) is 0.286. The molecule has 2 N–H and O–H groups in total. The van der Waals surface area contributed by atoms with Gasteiger partial charge in [0.1, 0.15) is 16.5 Å². The fourth-order valence-electron chi connectivity index (χ4n) is 1.93. The second kappa shape index (κ2) is 5.71. The SMILES string of the molecule is CC(C)SCc1nc(N)c2c(-c3cccs3)csc2n1. The molecule has 3 heterocycles. The first-order valence-electron chi connectivity index (χ1n) is 6.34. The number of hydrogen-bond donors (Lipinski definition) is 1. The van der Waals surface area contributed by atoms with Crippen LogP contribution in [0.25, 0.3) is 20.7 Å². The van der Waals surface area contributed by atoms with Gasteiger partial charge >= 0.3 is 0 Å². The van der Waals surface area contributed by atoms with Crippen LogP contribution in [0, 0.1) is 0 Å². The molecular formula is C14H15N3S3. The van der Waals surface area contributed by atoms with Gasteiger partial charge in [-0.05, 0) is 16.7 Å². The van der Waals surface area contributed by atoms with Gasteiger partial charge in [0, 0.05) is 15.8 Å². The lowest BCUT2D eigenvalue weighted by Gasteiger charge is -2.05. The van der Waals surface area contributed by atoms with Crippen molar-refractivity contribution in [1.29, 1.82) is 0 Å². The van der Waals surface area contributed by atoms with Gasteiger partial charge in [-0.2, -0.15) is 11.8 Å². The summed E-state index contributed by atoms with van der Waals surface area (Å²) in [6.07, 6.45) is 0. The number of nitrogens with two attached hydrogens (primary N) is 1. The van der Waals surface area contributed by atoms with Crippen LogP contribution in [-0.2, 0) is 5.75 Å². The Morgan fingerprint density at radius 3 is 2.85 bits per heavy atom. The Bertz CT molecular complexity index is 717. The van der Waals surface area contributed by atoms with E-state index in [1.807, 2.05) is 17.8 Å². The van der Waals surface area contributed by atoms with Gasteiger partial charge < -0.3 is 5.73 Å². The number of nitrogen functional groups attached to an aromatic ring is 1. The van der Waals surface area contributed by atoms with Gasteiger partial charge in [0.15, 0.2) is 0 Å². The largest absolute Gasteiger partial charge is 0.383 e. The summed E-state index contributed by atoms with van der Waals surface area (Å²) in [5, 5.41) is 5.76. The number of rotatable bonds is 4. The van der Waals surface area contributed by atoms with E-state index in [2.05, 4.69) is 40.6 Å². The average molecular weight is 321 g/mol. The number of hydrogen-bond acceptors (Lipinski definition) is 6. The van der Waals surface area contributed by atoms with Gasteiger partial charge in [0.2, 0.25) is 0 Å². The van der Waals surface area contributed by atoms with Crippen LogP contribution in [0.5, 0.6) is 0 Å². The molecule has 3 nitrogen and oxygen atoms in total. The van der Waals surface area contributed by atoms with Gasteiger partial charge in [0.05, 0.1) is 11.1 Å². The first-order chi connectivity index (χ1) is 9.65. The standard InChI is InChI=1S/C14H15N3S3/c1-8(2)19-7-11-16-13(15)12-9(6-20-14(12)17-11)10-4-3-5-18-10/h3-6,8H,7H2,1-2H3,(H2,15,16,17). The van der Waals surface area contributed by atoms with Crippen molar-refractivity contribution in [3.05, 3.63) is 28.7 Å². The predicted molar refractivity (Wildman–Crippen MR) is 91.6 cm³/mol. The molecule has 0 bridgehead atoms. The highest BCUT2D eigenvalue weighted by Gasteiger charge is 2.14. The van der Waals surface area contributed by atoms with Crippen molar-refractivity contribution in [2.75, 3.05) is 5.73 Å². The van der Waals surface area contributed by atoms with Gasteiger partial charge in [-0.15, -0.1) is 22.7 Å². The van der Waals surface area contributed by atoms with Crippen LogP contribution in [0.4, 0.5) is 5.82 Å². The quantitative estimate of drug-likeness (QED) is 0.760. The molecule has 20 heavy (non-hydrogen) atoms. The normalized spacial score (nSPS) is 11.6. The molecule has 0 saturated heterocycles. The lowest BCUT2D eigenvalue weighted by atomic mass is 10.2. The van der Waals surface area contributed by atoms with E-state index in [1.54, 1.807) is 22.7 Å². The minimum Gasteiger partial charge on any atom is -0.383 e. The molecule has 3 aromatic heterocycles. The number of fused-ring (bicyclic) bond motifs is 1. The molecule has 0 aliphatic carbocycles. The minimum atomic E-state index is 0.570. The minimum absolute atomic E-state index is 0.570. The van der Waals surface area contributed by atoms with Crippen molar-refractivity contribution < 1.29 is 0 Å². The molecule has 0 aromatic carbocycles. The molecule has 0 fully saturated rings. The molecule has 0 unspecified atom stereocenters. The highest BCUT2D eigenvalue weighted by atomic mass is 32.2. The Morgan fingerprint density at radius 2 is 2.15 bits per heavy atom. The Morgan fingerprint density at radius 1 is 1.30 bits per heavy atom. The van der Waals surface area contributed by atoms with Crippen LogP contribution in [0.1, 0.15) is 19.7 Å². The van der Waals surface area contributed by atoms with Gasteiger partial charge in [-0.25, -0.2) is 9.97 Å². The van der Waals surface area contributed by atoms with Crippen molar-refractivity contribution in [3.63, 3.8) is 0 Å². The third kappa shape index (κ3) is 2.68. The Balaban J connectivity index is 2.03. The molecule has 104 valence electrons. The van der Waals surface area contributed by atoms with Crippen molar-refractivity contribution >= 4 is 50.5 Å². The molecule has 3 aromatic rings. The van der Waals surface area contributed by atoms with Crippen molar-refractivity contribution in [2.24, 2.45) is 0 Å². The average Bonchev–Trinajstić information content (AvgIpc) is 3.04. The van der Waals surface area contributed by atoms with Crippen molar-refractivity contribution in [2.45, 2.75) is 24.9 Å². The molecule has 0 aliphatic rings. The van der Waals surface area contributed by atoms with E-state index in [4.69, 9.17) is 5.73 Å². The monoisotopic (exact) mass is 321 g/mol. The fourth-order valence-corrected chi connectivity index (χ4v) is 4.33. The van der Waals surface area contributed by atoms with Crippen LogP contribution in [-0.4, -0.2) is 15.2 Å². The second-order valence-electron chi connectivity index (χ2n) is 4.69. The number of anilines is 1. The third-order valence-electron chi connectivity index (χ3n) is 2.84. The lowest BCUT2D eigenvalue weighted by Crippen LogP contribution is -2.00. The van der Waals surface area contributed by atoms with E-state index in [1.165, 1.54) is 4.88 Å². The van der Waals surface area contributed by atoms with Crippen LogP contribution in [0.3, 0.4) is 0 Å². The molecule has 3 rings (SSSR count). The highest BCUT2D eigenvalue weighted by molar-refractivity contribution is 7.99. The summed E-state index contributed by atoms with van der Waals surface area (Å²) < 4.78 is 0. The molecule has 0 amide bonds. The Hall–Kier alpha value is -1.11. The molecule has 0 saturated carbocycles. The van der Waals surface area contributed by atoms with E-state index in [-0.39, 0.29) is 0 Å². The van der Waals surface area contributed by atoms with Crippen LogP contribution >= 0.6 is 34.4 Å². The summed E-state index contributed by atoms with van der Waals surface area (Å²) in [5.41, 5.74) is 7.32. The molecular weight excluding hydrogens is 306 g/mol. The van der Waals surface area contributed by atoms with Crippen molar-refractivity contribution in [3.8, 4) is 10.4 Å². The first-order valence-corrected chi connectivity index (χ1v) is 9.15. The maximum absolute atomic E-state index is 6.17. The summed E-state index contributed by atoms with van der Waals surface area (Å²) in [5.74, 6) is 2.23. The first kappa shape index (κ1) is 13.9. The zero-order valence-corrected chi connectivity index (χ0v) is 13.7. The highest BCUT2D eigenvalue weighted by Crippen LogP contribution is 2.38. The van der Waals surface area contributed by atoms with E-state index >= 15 is 0 Å². The van der Waals surface area contributed by atoms with Crippen LogP contribution < -0.4 is 5.73 Å². The van der Waals surface area contributed by atoms with Gasteiger partial charge in [0.25, 0.3) is 0 Å². The van der Waals surface area contributed by atoms with Gasteiger partial charge in [-0.1, -0.05) is 19.9 Å². The molecule has 6 heteroatoms. The van der Waals surface area contributed by atoms with E-state index in [0.717, 1.165) is 27.4 Å². The number of thiophene rings is 2. The van der Waals surface area contributed by atoms with Crippen LogP contribution in [0.15, 0.2) is 22.9 Å². The van der Waals surface area contributed by atoms with Crippen molar-refractivity contribution in [1.82, 2.24) is 9.97 Å². The third-order valence-corrected chi connectivity index (χ3v) is 5.71. The van der Waals surface area contributed by atoms with Gasteiger partial charge in [-0.3, -0.25) is 0 Å². The lowest BCUT2D eigenvalue weighted by molar-refractivity contribution is 1.06. The number of aromatic nitrogens is 2. The zero-order chi connectivity index (χ0) is 14.1. The van der Waals surface area contributed by atoms with Crippen LogP contribution in [0.2, 0.25) is 0 Å². The summed E-state index contributed by atoms with van der Waals surface area (Å²) in [4.78, 5) is 11.3. The maximum Gasteiger partial charge on any atom is 0.142 e. The van der Waals surface area contributed by atoms with E-state index < -0.39 is 0 Å². The molecule has 0 radical (unpaired) electrons. The zero-order valence-electron chi connectivity index (χ0n) is 11.3. The Labute approximate surface area is 130 Å². The number of thioether (sulfide) groups is 1. The van der Waals surface area contributed by atoms with E-state index in [0.29, 0.717) is 11.1 Å².